The van der Waals surface area contributed by atoms with E-state index in [0.717, 1.165) is 16.6 Å². The van der Waals surface area contributed by atoms with E-state index in [1.165, 1.54) is 4.57 Å². The van der Waals surface area contributed by atoms with Gasteiger partial charge in [0.1, 0.15) is 0 Å². The number of oxazole rings is 1. The number of hydrogen-bond donors (Lipinski definition) is 0. The van der Waals surface area contributed by atoms with Crippen molar-refractivity contribution in [2.24, 2.45) is 7.05 Å². The van der Waals surface area contributed by atoms with Gasteiger partial charge < -0.3 is 8.98 Å². The zero-order valence-corrected chi connectivity index (χ0v) is 13.5. The monoisotopic (exact) mass is 330 g/mol. The molecule has 4 rings (SSSR count). The van der Waals surface area contributed by atoms with Crippen molar-refractivity contribution in [2.75, 3.05) is 0 Å². The quantitative estimate of drug-likeness (QED) is 0.579. The van der Waals surface area contributed by atoms with Crippen molar-refractivity contribution in [1.29, 1.82) is 5.26 Å². The van der Waals surface area contributed by atoms with E-state index in [4.69, 9.17) is 9.68 Å². The van der Waals surface area contributed by atoms with E-state index in [9.17, 15) is 4.79 Å². The number of aromatic nitrogens is 3. The summed E-state index contributed by atoms with van der Waals surface area (Å²) in [6.45, 7) is 0. The van der Waals surface area contributed by atoms with Gasteiger partial charge in [0.05, 0.1) is 29.5 Å². The summed E-state index contributed by atoms with van der Waals surface area (Å²) in [5.41, 5.74) is 3.87. The van der Waals surface area contributed by atoms with Crippen molar-refractivity contribution in [3.8, 4) is 6.07 Å². The van der Waals surface area contributed by atoms with Crippen molar-refractivity contribution in [3.05, 3.63) is 88.4 Å². The van der Waals surface area contributed by atoms with Crippen LogP contribution in [0, 0.1) is 11.3 Å². The lowest BCUT2D eigenvalue weighted by molar-refractivity contribution is 0.527. The minimum Gasteiger partial charge on any atom is -0.408 e. The smallest absolute Gasteiger partial charge is 0.408 e. The molecule has 0 radical (unpaired) electrons. The van der Waals surface area contributed by atoms with Crippen LogP contribution in [0.1, 0.15) is 22.7 Å². The van der Waals surface area contributed by atoms with E-state index < -0.39 is 0 Å². The molecule has 122 valence electrons. The largest absolute Gasteiger partial charge is 0.419 e. The number of aryl methyl sites for hydroxylation is 1. The molecule has 0 saturated heterocycles. The molecule has 0 fully saturated rings. The SMILES string of the molecule is Cn1c(=O)oc2cc(C(c3ccc(C#N)cc3)n3ccnc3)ccc21. The Morgan fingerprint density at radius 2 is 1.92 bits per heavy atom. The lowest BCUT2D eigenvalue weighted by Gasteiger charge is -2.19. The molecular weight excluding hydrogens is 316 g/mol. The van der Waals surface area contributed by atoms with Crippen LogP contribution in [0.25, 0.3) is 11.1 Å². The Labute approximate surface area is 143 Å². The Kier molecular flexibility index (Phi) is 3.47. The second-order valence-corrected chi connectivity index (χ2v) is 5.80. The maximum absolute atomic E-state index is 11.7. The molecule has 0 amide bonds. The molecule has 25 heavy (non-hydrogen) atoms. The van der Waals surface area contributed by atoms with Crippen LogP contribution in [0.2, 0.25) is 0 Å². The number of rotatable bonds is 3. The summed E-state index contributed by atoms with van der Waals surface area (Å²) in [4.78, 5) is 15.9. The van der Waals surface area contributed by atoms with E-state index in [-0.39, 0.29) is 11.8 Å². The molecule has 4 aromatic rings. The van der Waals surface area contributed by atoms with Crippen LogP contribution in [0.4, 0.5) is 0 Å². The molecule has 2 heterocycles. The average Bonchev–Trinajstić information content (AvgIpc) is 3.25. The minimum absolute atomic E-state index is 0.134. The van der Waals surface area contributed by atoms with Crippen LogP contribution in [0.5, 0.6) is 0 Å². The van der Waals surface area contributed by atoms with Gasteiger partial charge in [-0.1, -0.05) is 18.2 Å². The fourth-order valence-corrected chi connectivity index (χ4v) is 3.02. The molecule has 0 bridgehead atoms. The molecular formula is C19H14N4O2. The zero-order valence-electron chi connectivity index (χ0n) is 13.5. The number of fused-ring (bicyclic) bond motifs is 1. The van der Waals surface area contributed by atoms with Crippen LogP contribution >= 0.6 is 0 Å². The third-order valence-corrected chi connectivity index (χ3v) is 4.31. The normalized spacial score (nSPS) is 12.2. The average molecular weight is 330 g/mol. The van der Waals surface area contributed by atoms with Crippen LogP contribution in [-0.4, -0.2) is 14.1 Å². The van der Waals surface area contributed by atoms with Gasteiger partial charge in [-0.05, 0) is 35.4 Å². The van der Waals surface area contributed by atoms with Crippen molar-refractivity contribution >= 4 is 11.1 Å². The summed E-state index contributed by atoms with van der Waals surface area (Å²) in [5, 5.41) is 9.01. The van der Waals surface area contributed by atoms with Crippen molar-refractivity contribution < 1.29 is 4.42 Å². The highest BCUT2D eigenvalue weighted by Gasteiger charge is 2.18. The van der Waals surface area contributed by atoms with E-state index in [1.54, 1.807) is 31.7 Å². The molecule has 0 spiro atoms. The molecule has 1 unspecified atom stereocenters. The van der Waals surface area contributed by atoms with Crippen LogP contribution in [-0.2, 0) is 7.05 Å². The molecule has 0 aliphatic carbocycles. The van der Waals surface area contributed by atoms with Gasteiger partial charge in [-0.25, -0.2) is 9.78 Å². The molecule has 1 atom stereocenters. The van der Waals surface area contributed by atoms with Crippen molar-refractivity contribution in [2.45, 2.75) is 6.04 Å². The number of imidazole rings is 1. The highest BCUT2D eigenvalue weighted by Crippen LogP contribution is 2.29. The second-order valence-electron chi connectivity index (χ2n) is 5.80. The van der Waals surface area contributed by atoms with Gasteiger partial charge in [0.25, 0.3) is 0 Å². The van der Waals surface area contributed by atoms with Crippen molar-refractivity contribution in [3.63, 3.8) is 0 Å². The number of nitrogens with zero attached hydrogens (tertiary/aromatic N) is 4. The predicted molar refractivity (Wildman–Crippen MR) is 92.1 cm³/mol. The van der Waals surface area contributed by atoms with E-state index in [2.05, 4.69) is 11.1 Å². The first-order valence-electron chi connectivity index (χ1n) is 7.74. The summed E-state index contributed by atoms with van der Waals surface area (Å²) in [7, 11) is 1.68. The van der Waals surface area contributed by atoms with Gasteiger partial charge in [-0.3, -0.25) is 4.57 Å². The second kappa shape index (κ2) is 5.80. The van der Waals surface area contributed by atoms with Crippen LogP contribution in [0.3, 0.4) is 0 Å². The first kappa shape index (κ1) is 15.0. The Balaban J connectivity index is 1.89. The van der Waals surface area contributed by atoms with E-state index in [0.29, 0.717) is 11.1 Å². The first-order chi connectivity index (χ1) is 12.2. The van der Waals surface area contributed by atoms with E-state index >= 15 is 0 Å². The number of hydrogen-bond acceptors (Lipinski definition) is 4. The lowest BCUT2D eigenvalue weighted by Crippen LogP contribution is -2.10. The van der Waals surface area contributed by atoms with Gasteiger partial charge in [-0.2, -0.15) is 5.26 Å². The molecule has 6 nitrogen and oxygen atoms in total. The third-order valence-electron chi connectivity index (χ3n) is 4.31. The van der Waals surface area contributed by atoms with E-state index in [1.807, 2.05) is 41.1 Å². The Morgan fingerprint density at radius 1 is 1.16 bits per heavy atom. The summed E-state index contributed by atoms with van der Waals surface area (Å²) < 4.78 is 8.77. The maximum atomic E-state index is 11.7. The highest BCUT2D eigenvalue weighted by molar-refractivity contribution is 5.74. The fraction of sp³-hybridized carbons (Fsp3) is 0.105. The molecule has 2 aromatic heterocycles. The summed E-state index contributed by atoms with van der Waals surface area (Å²) in [6.07, 6.45) is 5.35. The number of nitriles is 1. The Bertz CT molecular complexity index is 1130. The molecule has 6 heteroatoms. The van der Waals surface area contributed by atoms with Gasteiger partial charge in [0.2, 0.25) is 0 Å². The highest BCUT2D eigenvalue weighted by atomic mass is 16.4. The zero-order chi connectivity index (χ0) is 17.4. The third kappa shape index (κ3) is 2.52. The standard InChI is InChI=1S/C19H14N4O2/c1-22-16-7-6-15(10-17(16)25-19(22)24)18(23-9-8-21-12-23)14-4-2-13(11-20)3-5-14/h2-10,12,18H,1H3. The van der Waals surface area contributed by atoms with Gasteiger partial charge in [0, 0.05) is 19.4 Å². The van der Waals surface area contributed by atoms with Crippen molar-refractivity contribution in [1.82, 2.24) is 14.1 Å². The van der Waals surface area contributed by atoms with Gasteiger partial charge >= 0.3 is 5.76 Å². The van der Waals surface area contributed by atoms with Crippen LogP contribution < -0.4 is 5.76 Å². The summed E-state index contributed by atoms with van der Waals surface area (Å²) >= 11 is 0. The molecule has 0 aliphatic rings. The summed E-state index contributed by atoms with van der Waals surface area (Å²) in [5.74, 6) is -0.385. The molecule has 0 N–H and O–H groups in total. The molecule has 0 aliphatic heterocycles. The minimum atomic E-state index is -0.385. The first-order valence-corrected chi connectivity index (χ1v) is 7.74. The van der Waals surface area contributed by atoms with Gasteiger partial charge in [-0.15, -0.1) is 0 Å². The molecule has 0 saturated carbocycles. The fourth-order valence-electron chi connectivity index (χ4n) is 3.02. The lowest BCUT2D eigenvalue weighted by atomic mass is 9.97. The summed E-state index contributed by atoms with van der Waals surface area (Å²) in [6, 6.07) is 15.2. The topological polar surface area (TPSA) is 76.8 Å². The Morgan fingerprint density at radius 3 is 2.60 bits per heavy atom. The van der Waals surface area contributed by atoms with Gasteiger partial charge in [0.15, 0.2) is 5.58 Å². The molecule has 2 aromatic carbocycles. The predicted octanol–water partition coefficient (Wildman–Crippen LogP) is 2.84. The number of benzene rings is 2. The Hall–Kier alpha value is -3.59. The van der Waals surface area contributed by atoms with Crippen LogP contribution in [0.15, 0.2) is 70.4 Å². The maximum Gasteiger partial charge on any atom is 0.419 e.